The van der Waals surface area contributed by atoms with Crippen LogP contribution in [0, 0.1) is 0 Å². The molecule has 0 aromatic carbocycles. The van der Waals surface area contributed by atoms with Crippen LogP contribution in [0.25, 0.3) is 0 Å². The van der Waals surface area contributed by atoms with Crippen LogP contribution in [0.2, 0.25) is 0 Å². The lowest BCUT2D eigenvalue weighted by Crippen LogP contribution is -2.48. The number of rotatable bonds is 7. The maximum Gasteiger partial charge on any atom is 0.0793 e. The van der Waals surface area contributed by atoms with Gasteiger partial charge in [-0.1, -0.05) is 6.92 Å². The highest BCUT2D eigenvalue weighted by Gasteiger charge is 2.25. The van der Waals surface area contributed by atoms with Gasteiger partial charge in [0.15, 0.2) is 0 Å². The van der Waals surface area contributed by atoms with E-state index in [1.54, 1.807) is 0 Å². The van der Waals surface area contributed by atoms with Gasteiger partial charge in [-0.05, 0) is 33.0 Å². The highest BCUT2D eigenvalue weighted by atomic mass is 16.3. The summed E-state index contributed by atoms with van der Waals surface area (Å²) < 4.78 is 0. The summed E-state index contributed by atoms with van der Waals surface area (Å²) in [5.74, 6) is 0. The highest BCUT2D eigenvalue weighted by molar-refractivity contribution is 4.81. The van der Waals surface area contributed by atoms with E-state index in [1.807, 2.05) is 0 Å². The number of β-amino-alcohol motifs (C(OH)–C–C–N with tert-alkyl or cyclic N) is 1. The fourth-order valence-corrected chi connectivity index (χ4v) is 3.56. The van der Waals surface area contributed by atoms with Crippen molar-refractivity contribution in [2.24, 2.45) is 0 Å². The van der Waals surface area contributed by atoms with Gasteiger partial charge < -0.3 is 15.3 Å². The van der Waals surface area contributed by atoms with Crippen molar-refractivity contribution in [3.63, 3.8) is 0 Å². The smallest absolute Gasteiger partial charge is 0.0793 e. The first-order valence-corrected chi connectivity index (χ1v) is 8.22. The third kappa shape index (κ3) is 4.97. The lowest BCUT2D eigenvalue weighted by Gasteiger charge is -2.32. The molecule has 0 aliphatic carbocycles. The number of aliphatic hydroxyl groups is 1. The Labute approximate surface area is 123 Å². The molecule has 2 atom stereocenters. The molecule has 2 fully saturated rings. The van der Waals surface area contributed by atoms with E-state index in [9.17, 15) is 5.11 Å². The molecule has 0 bridgehead atoms. The molecule has 2 aliphatic heterocycles. The van der Waals surface area contributed by atoms with Crippen LogP contribution < -0.4 is 5.32 Å². The number of likely N-dealkylation sites (tertiary alicyclic amines) is 1. The molecule has 0 spiro atoms. The van der Waals surface area contributed by atoms with E-state index in [4.69, 9.17) is 0 Å². The molecular weight excluding hydrogens is 252 g/mol. The molecule has 0 amide bonds. The predicted molar refractivity (Wildman–Crippen MR) is 83.1 cm³/mol. The van der Waals surface area contributed by atoms with Crippen molar-refractivity contribution < 1.29 is 5.11 Å². The van der Waals surface area contributed by atoms with Crippen LogP contribution in [0.5, 0.6) is 0 Å². The molecule has 2 heterocycles. The molecule has 0 aromatic rings. The van der Waals surface area contributed by atoms with E-state index >= 15 is 0 Å². The van der Waals surface area contributed by atoms with Crippen molar-refractivity contribution in [2.45, 2.75) is 31.9 Å². The maximum atomic E-state index is 10.3. The van der Waals surface area contributed by atoms with E-state index in [2.05, 4.69) is 34.0 Å². The lowest BCUT2D eigenvalue weighted by atomic mass is 10.2. The number of nitrogens with zero attached hydrogens (tertiary/aromatic N) is 3. The average molecular weight is 284 g/mol. The van der Waals surface area contributed by atoms with Crippen molar-refractivity contribution in [3.8, 4) is 0 Å². The van der Waals surface area contributed by atoms with Crippen LogP contribution in [-0.4, -0.2) is 97.9 Å². The number of aliphatic hydroxyl groups excluding tert-OH is 1. The van der Waals surface area contributed by atoms with Gasteiger partial charge in [-0.15, -0.1) is 0 Å². The van der Waals surface area contributed by atoms with Crippen molar-refractivity contribution in [1.82, 2.24) is 20.0 Å². The Morgan fingerprint density at radius 3 is 2.75 bits per heavy atom. The predicted octanol–water partition coefficient (Wildman–Crippen LogP) is -0.331. The SMILES string of the molecule is CCN1CCCC1CN(C)CC(O)CN1CCNCC1. The molecule has 118 valence electrons. The van der Waals surface area contributed by atoms with Crippen molar-refractivity contribution in [2.75, 3.05) is 66.0 Å². The van der Waals surface area contributed by atoms with Gasteiger partial charge in [0.25, 0.3) is 0 Å². The van der Waals surface area contributed by atoms with E-state index in [1.165, 1.54) is 19.4 Å². The topological polar surface area (TPSA) is 42.0 Å². The van der Waals surface area contributed by atoms with Gasteiger partial charge in [-0.3, -0.25) is 9.80 Å². The summed E-state index contributed by atoms with van der Waals surface area (Å²) in [6.45, 7) is 11.6. The summed E-state index contributed by atoms with van der Waals surface area (Å²) in [5, 5.41) is 13.6. The zero-order valence-corrected chi connectivity index (χ0v) is 13.2. The highest BCUT2D eigenvalue weighted by Crippen LogP contribution is 2.17. The molecule has 2 rings (SSSR count). The van der Waals surface area contributed by atoms with Crippen molar-refractivity contribution in [1.29, 1.82) is 0 Å². The number of hydrogen-bond donors (Lipinski definition) is 2. The second-order valence-corrected chi connectivity index (χ2v) is 6.35. The Morgan fingerprint density at radius 1 is 1.30 bits per heavy atom. The number of likely N-dealkylation sites (N-methyl/N-ethyl adjacent to an activating group) is 2. The number of piperazine rings is 1. The second kappa shape index (κ2) is 8.29. The fourth-order valence-electron chi connectivity index (χ4n) is 3.56. The molecule has 0 saturated carbocycles. The molecule has 2 unspecified atom stereocenters. The van der Waals surface area contributed by atoms with Gasteiger partial charge in [0.1, 0.15) is 0 Å². The quantitative estimate of drug-likeness (QED) is 0.670. The van der Waals surface area contributed by atoms with Crippen molar-refractivity contribution in [3.05, 3.63) is 0 Å². The third-order valence-electron chi connectivity index (χ3n) is 4.63. The van der Waals surface area contributed by atoms with Crippen molar-refractivity contribution >= 4 is 0 Å². The van der Waals surface area contributed by atoms with Crippen LogP contribution in [0.1, 0.15) is 19.8 Å². The van der Waals surface area contributed by atoms with Gasteiger partial charge in [0.05, 0.1) is 6.10 Å². The minimum absolute atomic E-state index is 0.227. The summed E-state index contributed by atoms with van der Waals surface area (Å²) in [6.07, 6.45) is 2.41. The number of hydrogen-bond acceptors (Lipinski definition) is 5. The Hall–Kier alpha value is -0.200. The Kier molecular flexibility index (Phi) is 6.71. The molecule has 2 N–H and O–H groups in total. The van der Waals surface area contributed by atoms with E-state index in [-0.39, 0.29) is 6.10 Å². The van der Waals surface area contributed by atoms with Gasteiger partial charge in [-0.25, -0.2) is 0 Å². The summed E-state index contributed by atoms with van der Waals surface area (Å²) in [4.78, 5) is 7.24. The normalized spacial score (nSPS) is 27.3. The van der Waals surface area contributed by atoms with E-state index in [0.29, 0.717) is 6.04 Å². The Morgan fingerprint density at radius 2 is 2.05 bits per heavy atom. The van der Waals surface area contributed by atoms with Gasteiger partial charge in [-0.2, -0.15) is 0 Å². The van der Waals surface area contributed by atoms with Crippen LogP contribution in [0.3, 0.4) is 0 Å². The average Bonchev–Trinajstić information content (AvgIpc) is 2.86. The van der Waals surface area contributed by atoms with Gasteiger partial charge in [0, 0.05) is 51.9 Å². The molecule has 2 aliphatic rings. The third-order valence-corrected chi connectivity index (χ3v) is 4.63. The molecule has 5 heteroatoms. The molecule has 20 heavy (non-hydrogen) atoms. The molecule has 0 aromatic heterocycles. The Balaban J connectivity index is 1.66. The summed E-state index contributed by atoms with van der Waals surface area (Å²) >= 11 is 0. The minimum Gasteiger partial charge on any atom is -0.390 e. The van der Waals surface area contributed by atoms with Crippen LogP contribution in [-0.2, 0) is 0 Å². The van der Waals surface area contributed by atoms with Crippen LogP contribution in [0.15, 0.2) is 0 Å². The van der Waals surface area contributed by atoms with E-state index in [0.717, 1.165) is 52.4 Å². The van der Waals surface area contributed by atoms with E-state index < -0.39 is 0 Å². The zero-order chi connectivity index (χ0) is 14.4. The van der Waals surface area contributed by atoms with Gasteiger partial charge >= 0.3 is 0 Å². The molecular formula is C15H32N4O. The van der Waals surface area contributed by atoms with Gasteiger partial charge in [0.2, 0.25) is 0 Å². The minimum atomic E-state index is -0.227. The van der Waals surface area contributed by atoms with Crippen LogP contribution in [0.4, 0.5) is 0 Å². The monoisotopic (exact) mass is 284 g/mol. The van der Waals surface area contributed by atoms with Crippen LogP contribution >= 0.6 is 0 Å². The maximum absolute atomic E-state index is 10.3. The zero-order valence-electron chi connectivity index (χ0n) is 13.2. The number of nitrogens with one attached hydrogen (secondary N) is 1. The first kappa shape index (κ1) is 16.2. The standard InChI is InChI=1S/C15H32N4O/c1-3-19-8-4-5-14(19)11-17(2)12-15(20)13-18-9-6-16-7-10-18/h14-16,20H,3-13H2,1-2H3. The summed E-state index contributed by atoms with van der Waals surface area (Å²) in [6, 6.07) is 0.691. The summed E-state index contributed by atoms with van der Waals surface area (Å²) in [5.41, 5.74) is 0. The first-order chi connectivity index (χ1) is 9.69. The lowest BCUT2D eigenvalue weighted by molar-refractivity contribution is 0.0696. The second-order valence-electron chi connectivity index (χ2n) is 6.35. The Bertz CT molecular complexity index is 271. The largest absolute Gasteiger partial charge is 0.390 e. The molecule has 5 nitrogen and oxygen atoms in total. The first-order valence-electron chi connectivity index (χ1n) is 8.22. The summed E-state index contributed by atoms with van der Waals surface area (Å²) in [7, 11) is 2.15. The molecule has 0 radical (unpaired) electrons. The fraction of sp³-hybridized carbons (Fsp3) is 1.00. The molecule has 2 saturated heterocycles.